The number of benzene rings is 1. The van der Waals surface area contributed by atoms with E-state index in [9.17, 15) is 14.9 Å². The molecule has 8 nitrogen and oxygen atoms in total. The lowest BCUT2D eigenvalue weighted by Gasteiger charge is -2.37. The van der Waals surface area contributed by atoms with Gasteiger partial charge in [-0.25, -0.2) is 0 Å². The number of H-pyrrole nitrogens is 1. The van der Waals surface area contributed by atoms with Crippen molar-refractivity contribution in [3.8, 4) is 0 Å². The van der Waals surface area contributed by atoms with Crippen LogP contribution in [0.1, 0.15) is 36.2 Å². The van der Waals surface area contributed by atoms with E-state index in [0.29, 0.717) is 30.0 Å². The lowest BCUT2D eigenvalue weighted by Crippen LogP contribution is -2.51. The van der Waals surface area contributed by atoms with Gasteiger partial charge in [-0.3, -0.25) is 24.9 Å². The Morgan fingerprint density at radius 2 is 1.92 bits per heavy atom. The van der Waals surface area contributed by atoms with E-state index < -0.39 is 4.92 Å². The number of amides is 1. The minimum atomic E-state index is -0.457. The van der Waals surface area contributed by atoms with Gasteiger partial charge < -0.3 is 4.90 Å². The SMILES string of the molecule is O=C(c1n[nH]c2ccc([N+](=O)[O-])cc12)N1CCN(C2CCCC2)CC1. The minimum absolute atomic E-state index is 0.0333. The Hall–Kier alpha value is -2.48. The molecule has 0 bridgehead atoms. The molecule has 0 atom stereocenters. The molecule has 1 aromatic carbocycles. The second-order valence-corrected chi connectivity index (χ2v) is 6.83. The molecule has 1 saturated carbocycles. The average molecular weight is 343 g/mol. The maximum atomic E-state index is 12.8. The van der Waals surface area contributed by atoms with Crippen LogP contribution < -0.4 is 0 Å². The van der Waals surface area contributed by atoms with E-state index >= 15 is 0 Å². The fraction of sp³-hybridized carbons (Fsp3) is 0.529. The summed E-state index contributed by atoms with van der Waals surface area (Å²) in [4.78, 5) is 27.7. The monoisotopic (exact) mass is 343 g/mol. The number of carbonyl (C=O) groups is 1. The molecule has 0 radical (unpaired) electrons. The second kappa shape index (κ2) is 6.44. The molecule has 2 aromatic rings. The molecule has 8 heteroatoms. The summed E-state index contributed by atoms with van der Waals surface area (Å²) in [6.07, 6.45) is 5.15. The molecule has 132 valence electrons. The summed E-state index contributed by atoms with van der Waals surface area (Å²) in [6, 6.07) is 5.09. The number of nitrogens with zero attached hydrogens (tertiary/aromatic N) is 4. The maximum absolute atomic E-state index is 12.8. The van der Waals surface area contributed by atoms with Crippen molar-refractivity contribution in [2.45, 2.75) is 31.7 Å². The number of aromatic amines is 1. The molecule has 1 aromatic heterocycles. The van der Waals surface area contributed by atoms with E-state index in [-0.39, 0.29) is 17.3 Å². The molecule has 1 amide bonds. The molecule has 2 heterocycles. The highest BCUT2D eigenvalue weighted by Crippen LogP contribution is 2.26. The van der Waals surface area contributed by atoms with Crippen LogP contribution in [0.5, 0.6) is 0 Å². The van der Waals surface area contributed by atoms with Crippen molar-refractivity contribution >= 4 is 22.5 Å². The van der Waals surface area contributed by atoms with Crippen molar-refractivity contribution in [3.05, 3.63) is 34.0 Å². The zero-order chi connectivity index (χ0) is 17.4. The number of hydrogen-bond donors (Lipinski definition) is 1. The molecule has 0 unspecified atom stereocenters. The highest BCUT2D eigenvalue weighted by atomic mass is 16.6. The number of rotatable bonds is 3. The summed E-state index contributed by atoms with van der Waals surface area (Å²) >= 11 is 0. The van der Waals surface area contributed by atoms with Gasteiger partial charge in [0.25, 0.3) is 11.6 Å². The molecule has 1 saturated heterocycles. The standard InChI is InChI=1S/C17H21N5O3/c23-17(21-9-7-20(8-10-21)12-3-1-2-4-12)16-14-11-13(22(24)25)5-6-15(14)18-19-16/h5-6,11-12H,1-4,7-10H2,(H,18,19). The van der Waals surface area contributed by atoms with Gasteiger partial charge in [0.05, 0.1) is 10.4 Å². The molecule has 1 aliphatic heterocycles. The van der Waals surface area contributed by atoms with Crippen LogP contribution in [0.25, 0.3) is 10.9 Å². The largest absolute Gasteiger partial charge is 0.335 e. The van der Waals surface area contributed by atoms with Crippen LogP contribution in [0.15, 0.2) is 18.2 Å². The normalized spacial score (nSPS) is 19.6. The molecule has 25 heavy (non-hydrogen) atoms. The first-order valence-electron chi connectivity index (χ1n) is 8.79. The van der Waals surface area contributed by atoms with Crippen LogP contribution >= 0.6 is 0 Å². The summed E-state index contributed by atoms with van der Waals surface area (Å²) < 4.78 is 0. The summed E-state index contributed by atoms with van der Waals surface area (Å²) in [5, 5.41) is 18.4. The number of nitrogens with one attached hydrogen (secondary N) is 1. The molecule has 2 fully saturated rings. The van der Waals surface area contributed by atoms with E-state index in [1.54, 1.807) is 11.0 Å². The topological polar surface area (TPSA) is 95.4 Å². The van der Waals surface area contributed by atoms with Gasteiger partial charge in [-0.2, -0.15) is 5.10 Å². The van der Waals surface area contributed by atoms with Crippen LogP contribution in [-0.2, 0) is 0 Å². The molecule has 2 aliphatic rings. The van der Waals surface area contributed by atoms with Crippen molar-refractivity contribution in [3.63, 3.8) is 0 Å². The maximum Gasteiger partial charge on any atom is 0.275 e. The lowest BCUT2D eigenvalue weighted by molar-refractivity contribution is -0.384. The van der Waals surface area contributed by atoms with E-state index in [1.165, 1.54) is 37.8 Å². The molecular formula is C17H21N5O3. The number of carbonyl (C=O) groups excluding carboxylic acids is 1. The number of nitro groups is 1. The summed E-state index contributed by atoms with van der Waals surface area (Å²) in [7, 11) is 0. The quantitative estimate of drug-likeness (QED) is 0.681. The second-order valence-electron chi connectivity index (χ2n) is 6.83. The predicted molar refractivity (Wildman–Crippen MR) is 92.5 cm³/mol. The highest BCUT2D eigenvalue weighted by Gasteiger charge is 2.29. The first-order chi connectivity index (χ1) is 12.1. The van der Waals surface area contributed by atoms with Gasteiger partial charge in [-0.1, -0.05) is 12.8 Å². The number of aromatic nitrogens is 2. The zero-order valence-corrected chi connectivity index (χ0v) is 14.0. The third kappa shape index (κ3) is 2.97. The third-order valence-electron chi connectivity index (χ3n) is 5.40. The van der Waals surface area contributed by atoms with Gasteiger partial charge in [-0.15, -0.1) is 0 Å². The number of piperazine rings is 1. The number of fused-ring (bicyclic) bond motifs is 1. The molecule has 4 rings (SSSR count). The van der Waals surface area contributed by atoms with Gasteiger partial charge in [0.1, 0.15) is 0 Å². The third-order valence-corrected chi connectivity index (χ3v) is 5.40. The Bertz CT molecular complexity index is 804. The van der Waals surface area contributed by atoms with Gasteiger partial charge in [-0.05, 0) is 18.9 Å². The van der Waals surface area contributed by atoms with Crippen molar-refractivity contribution < 1.29 is 9.72 Å². The van der Waals surface area contributed by atoms with E-state index in [0.717, 1.165) is 13.1 Å². The van der Waals surface area contributed by atoms with Crippen LogP contribution in [0.3, 0.4) is 0 Å². The van der Waals surface area contributed by atoms with Gasteiger partial charge in [0.15, 0.2) is 5.69 Å². The molecule has 0 spiro atoms. The van der Waals surface area contributed by atoms with E-state index in [4.69, 9.17) is 0 Å². The van der Waals surface area contributed by atoms with Crippen molar-refractivity contribution in [1.82, 2.24) is 20.0 Å². The number of hydrogen-bond acceptors (Lipinski definition) is 5. The molecular weight excluding hydrogens is 322 g/mol. The Balaban J connectivity index is 1.50. The Morgan fingerprint density at radius 3 is 2.60 bits per heavy atom. The smallest absolute Gasteiger partial charge is 0.275 e. The van der Waals surface area contributed by atoms with Crippen LogP contribution in [0.2, 0.25) is 0 Å². The average Bonchev–Trinajstić information content (AvgIpc) is 3.30. The van der Waals surface area contributed by atoms with E-state index in [1.807, 2.05) is 0 Å². The van der Waals surface area contributed by atoms with Crippen LogP contribution in [0.4, 0.5) is 5.69 Å². The lowest BCUT2D eigenvalue weighted by atomic mass is 10.1. The van der Waals surface area contributed by atoms with Crippen molar-refractivity contribution in [2.24, 2.45) is 0 Å². The summed E-state index contributed by atoms with van der Waals surface area (Å²) in [6.45, 7) is 3.13. The first-order valence-corrected chi connectivity index (χ1v) is 8.79. The predicted octanol–water partition coefficient (Wildman–Crippen LogP) is 2.17. The fourth-order valence-corrected chi connectivity index (χ4v) is 3.99. The minimum Gasteiger partial charge on any atom is -0.335 e. The van der Waals surface area contributed by atoms with Crippen molar-refractivity contribution in [2.75, 3.05) is 26.2 Å². The van der Waals surface area contributed by atoms with Gasteiger partial charge in [0, 0.05) is 49.7 Å². The summed E-state index contributed by atoms with van der Waals surface area (Å²) in [5.74, 6) is -0.155. The van der Waals surface area contributed by atoms with Gasteiger partial charge >= 0.3 is 0 Å². The zero-order valence-electron chi connectivity index (χ0n) is 14.0. The highest BCUT2D eigenvalue weighted by molar-refractivity contribution is 6.05. The Morgan fingerprint density at radius 1 is 1.20 bits per heavy atom. The molecule has 1 aliphatic carbocycles. The Kier molecular flexibility index (Phi) is 4.12. The first kappa shape index (κ1) is 16.0. The Labute approximate surface area is 144 Å². The number of nitro benzene ring substituents is 1. The van der Waals surface area contributed by atoms with Crippen molar-refractivity contribution in [1.29, 1.82) is 0 Å². The van der Waals surface area contributed by atoms with Crippen LogP contribution in [0, 0.1) is 10.1 Å². The van der Waals surface area contributed by atoms with Gasteiger partial charge in [0.2, 0.25) is 0 Å². The van der Waals surface area contributed by atoms with Crippen LogP contribution in [-0.4, -0.2) is 63.0 Å². The van der Waals surface area contributed by atoms with E-state index in [2.05, 4.69) is 15.1 Å². The summed E-state index contributed by atoms with van der Waals surface area (Å²) in [5.41, 5.74) is 0.876. The molecule has 1 N–H and O–H groups in total. The number of non-ortho nitro benzene ring substituents is 1. The fourth-order valence-electron chi connectivity index (χ4n) is 3.99.